The van der Waals surface area contributed by atoms with Gasteiger partial charge in [-0.05, 0) is 75.2 Å². The number of fused-ring (bicyclic) bond motifs is 1. The molecule has 0 aliphatic carbocycles. The lowest BCUT2D eigenvalue weighted by atomic mass is 10.0. The molecule has 1 saturated heterocycles. The van der Waals surface area contributed by atoms with Gasteiger partial charge in [0, 0.05) is 36.6 Å². The molecule has 2 aromatic heterocycles. The molecule has 3 heterocycles. The van der Waals surface area contributed by atoms with E-state index in [4.69, 9.17) is 14.7 Å². The largest absolute Gasteiger partial charge is 0.494 e. The number of benzene rings is 2. The van der Waals surface area contributed by atoms with Crippen LogP contribution in [0.2, 0.25) is 0 Å². The van der Waals surface area contributed by atoms with Crippen LogP contribution in [0.25, 0.3) is 10.2 Å². The Balaban J connectivity index is 1.40. The molecule has 7 nitrogen and oxygen atoms in total. The standard InChI is InChI=1S/C28H35N6OPS/c1-33(2)19-12-15-34(16-13-19)20-10-11-21(24(18-20)35-3)30-28-31-23-14-17-37-26(23)27(32-28)29-22-8-6-7-9-25(22)36(4)5/h6-11,14,17-19H,12-13,15-16H2,1-5H3,(H2,29,30,31,32). The third kappa shape index (κ3) is 5.66. The van der Waals surface area contributed by atoms with E-state index < -0.39 is 0 Å². The third-order valence-electron chi connectivity index (χ3n) is 6.93. The molecule has 2 aromatic carbocycles. The zero-order valence-corrected chi connectivity index (χ0v) is 23.9. The Morgan fingerprint density at radius 2 is 1.78 bits per heavy atom. The van der Waals surface area contributed by atoms with Gasteiger partial charge < -0.3 is 25.2 Å². The van der Waals surface area contributed by atoms with E-state index in [0.717, 1.165) is 46.2 Å². The molecule has 0 bridgehead atoms. The predicted molar refractivity (Wildman–Crippen MR) is 161 cm³/mol. The second-order valence-electron chi connectivity index (χ2n) is 9.76. The first-order valence-electron chi connectivity index (χ1n) is 12.6. The van der Waals surface area contributed by atoms with Crippen molar-refractivity contribution in [2.45, 2.75) is 18.9 Å². The minimum absolute atomic E-state index is 0.254. The lowest BCUT2D eigenvalue weighted by Gasteiger charge is -2.36. The average Bonchev–Trinajstić information content (AvgIpc) is 3.38. The zero-order chi connectivity index (χ0) is 25.9. The maximum Gasteiger partial charge on any atom is 0.229 e. The normalized spacial score (nSPS) is 14.5. The minimum atomic E-state index is -0.254. The van der Waals surface area contributed by atoms with Gasteiger partial charge in [0.25, 0.3) is 0 Å². The molecule has 0 radical (unpaired) electrons. The van der Waals surface area contributed by atoms with Crippen LogP contribution in [0, 0.1) is 0 Å². The fraction of sp³-hybridized carbons (Fsp3) is 0.357. The average molecular weight is 535 g/mol. The molecule has 1 fully saturated rings. The van der Waals surface area contributed by atoms with Crippen LogP contribution in [0.5, 0.6) is 5.75 Å². The van der Waals surface area contributed by atoms with Gasteiger partial charge in [0.05, 0.1) is 23.0 Å². The first kappa shape index (κ1) is 25.7. The van der Waals surface area contributed by atoms with Gasteiger partial charge >= 0.3 is 0 Å². The van der Waals surface area contributed by atoms with Gasteiger partial charge in [-0.1, -0.05) is 26.1 Å². The van der Waals surface area contributed by atoms with Gasteiger partial charge in [0.2, 0.25) is 5.95 Å². The summed E-state index contributed by atoms with van der Waals surface area (Å²) in [5.41, 5.74) is 4.04. The van der Waals surface area contributed by atoms with E-state index in [1.165, 1.54) is 23.8 Å². The maximum atomic E-state index is 5.78. The van der Waals surface area contributed by atoms with E-state index in [1.54, 1.807) is 18.4 Å². The number of aromatic nitrogens is 2. The predicted octanol–water partition coefficient (Wildman–Crippen LogP) is 6.08. The van der Waals surface area contributed by atoms with E-state index >= 15 is 0 Å². The van der Waals surface area contributed by atoms with Crippen molar-refractivity contribution in [3.63, 3.8) is 0 Å². The molecule has 4 aromatic rings. The number of thiophene rings is 1. The minimum Gasteiger partial charge on any atom is -0.494 e. The van der Waals surface area contributed by atoms with Crippen molar-refractivity contribution in [2.75, 3.05) is 63.2 Å². The lowest BCUT2D eigenvalue weighted by molar-refractivity contribution is 0.249. The Hall–Kier alpha value is -2.93. The highest BCUT2D eigenvalue weighted by Crippen LogP contribution is 2.36. The molecule has 37 heavy (non-hydrogen) atoms. The molecule has 0 amide bonds. The van der Waals surface area contributed by atoms with E-state index in [1.807, 2.05) is 6.07 Å². The van der Waals surface area contributed by atoms with E-state index in [-0.39, 0.29) is 7.92 Å². The topological polar surface area (TPSA) is 65.6 Å². The molecule has 2 N–H and O–H groups in total. The highest BCUT2D eigenvalue weighted by molar-refractivity contribution is 7.64. The summed E-state index contributed by atoms with van der Waals surface area (Å²) in [6, 6.07) is 17.5. The van der Waals surface area contributed by atoms with Crippen LogP contribution in [-0.2, 0) is 0 Å². The van der Waals surface area contributed by atoms with Crippen molar-refractivity contribution in [3.8, 4) is 5.75 Å². The van der Waals surface area contributed by atoms with Gasteiger partial charge in [0.15, 0.2) is 5.82 Å². The summed E-state index contributed by atoms with van der Waals surface area (Å²) < 4.78 is 6.83. The number of hydrogen-bond acceptors (Lipinski definition) is 8. The summed E-state index contributed by atoms with van der Waals surface area (Å²) in [7, 11) is 5.80. The Kier molecular flexibility index (Phi) is 7.79. The van der Waals surface area contributed by atoms with Crippen molar-refractivity contribution in [1.82, 2.24) is 14.9 Å². The number of nitrogens with zero attached hydrogens (tertiary/aromatic N) is 4. The van der Waals surface area contributed by atoms with Gasteiger partial charge in [-0.3, -0.25) is 0 Å². The monoisotopic (exact) mass is 534 g/mol. The van der Waals surface area contributed by atoms with Gasteiger partial charge in [-0.25, -0.2) is 4.98 Å². The first-order valence-corrected chi connectivity index (χ1v) is 15.7. The van der Waals surface area contributed by atoms with Gasteiger partial charge in [0.1, 0.15) is 5.75 Å². The summed E-state index contributed by atoms with van der Waals surface area (Å²) in [4.78, 5) is 14.4. The highest BCUT2D eigenvalue weighted by Gasteiger charge is 2.22. The van der Waals surface area contributed by atoms with E-state index in [2.05, 4.69) is 95.7 Å². The molecule has 0 saturated carbocycles. The van der Waals surface area contributed by atoms with E-state index in [0.29, 0.717) is 12.0 Å². The third-order valence-corrected chi connectivity index (χ3v) is 9.20. The van der Waals surface area contributed by atoms with Crippen LogP contribution in [-0.4, -0.2) is 68.5 Å². The molecule has 194 valence electrons. The molecule has 0 unspecified atom stereocenters. The summed E-state index contributed by atoms with van der Waals surface area (Å²) >= 11 is 1.65. The molecule has 5 rings (SSSR count). The number of nitrogens with one attached hydrogen (secondary N) is 2. The maximum absolute atomic E-state index is 5.78. The molecule has 1 aliphatic heterocycles. The zero-order valence-electron chi connectivity index (χ0n) is 22.2. The lowest BCUT2D eigenvalue weighted by Crippen LogP contribution is -2.41. The van der Waals surface area contributed by atoms with Gasteiger partial charge in [-0.2, -0.15) is 4.98 Å². The quantitative estimate of drug-likeness (QED) is 0.266. The SMILES string of the molecule is COc1cc(N2CCC(N(C)C)CC2)ccc1Nc1nc(Nc2ccccc2P(C)C)c2sccc2n1. The Morgan fingerprint density at radius 3 is 2.51 bits per heavy atom. The molecule has 0 atom stereocenters. The van der Waals surface area contributed by atoms with Crippen molar-refractivity contribution >= 4 is 63.6 Å². The van der Waals surface area contributed by atoms with E-state index in [9.17, 15) is 0 Å². The molecule has 9 heteroatoms. The van der Waals surface area contributed by atoms with Crippen LogP contribution < -0.4 is 25.6 Å². The van der Waals surface area contributed by atoms with Crippen molar-refractivity contribution < 1.29 is 4.74 Å². The van der Waals surface area contributed by atoms with Crippen molar-refractivity contribution in [3.05, 3.63) is 53.9 Å². The smallest absolute Gasteiger partial charge is 0.229 e. The van der Waals surface area contributed by atoms with Gasteiger partial charge in [-0.15, -0.1) is 11.3 Å². The molecular weight excluding hydrogens is 499 g/mol. The molecule has 0 spiro atoms. The fourth-order valence-electron chi connectivity index (χ4n) is 4.84. The summed E-state index contributed by atoms with van der Waals surface area (Å²) in [5.74, 6) is 2.13. The number of hydrogen-bond donors (Lipinski definition) is 2. The Bertz CT molecular complexity index is 1370. The summed E-state index contributed by atoms with van der Waals surface area (Å²) in [6.07, 6.45) is 2.33. The number of anilines is 5. The number of piperidine rings is 1. The van der Waals surface area contributed by atoms with Crippen LogP contribution in [0.4, 0.5) is 28.8 Å². The molecular formula is C28H35N6OPS. The fourth-order valence-corrected chi connectivity index (χ4v) is 6.61. The van der Waals surface area contributed by atoms with Crippen LogP contribution in [0.3, 0.4) is 0 Å². The van der Waals surface area contributed by atoms with Crippen LogP contribution in [0.1, 0.15) is 12.8 Å². The summed E-state index contributed by atoms with van der Waals surface area (Å²) in [5, 5.41) is 10.4. The van der Waals surface area contributed by atoms with Crippen molar-refractivity contribution in [1.29, 1.82) is 0 Å². The van der Waals surface area contributed by atoms with Crippen molar-refractivity contribution in [2.24, 2.45) is 0 Å². The summed E-state index contributed by atoms with van der Waals surface area (Å²) in [6.45, 7) is 6.63. The second kappa shape index (κ2) is 11.2. The van der Waals surface area contributed by atoms with Crippen LogP contribution in [0.15, 0.2) is 53.9 Å². The number of methoxy groups -OCH3 is 1. The highest BCUT2D eigenvalue weighted by atomic mass is 32.1. The number of ether oxygens (including phenoxy) is 1. The van der Waals surface area contributed by atoms with Crippen LogP contribution >= 0.6 is 19.3 Å². The first-order chi connectivity index (χ1) is 17.9. The molecule has 1 aliphatic rings. The second-order valence-corrected chi connectivity index (χ2v) is 12.9. The Morgan fingerprint density at radius 1 is 1.00 bits per heavy atom. The Labute approximate surface area is 224 Å². The number of rotatable bonds is 8. The number of para-hydroxylation sites is 1.